The topological polar surface area (TPSA) is 0 Å². The van der Waals surface area contributed by atoms with Crippen molar-refractivity contribution in [1.82, 2.24) is 0 Å². The second-order valence-electron chi connectivity index (χ2n) is 0.962. The Labute approximate surface area is 64.2 Å². The van der Waals surface area contributed by atoms with Gasteiger partial charge in [0.05, 0.1) is 0 Å². The van der Waals surface area contributed by atoms with Gasteiger partial charge < -0.3 is 12.4 Å². The summed E-state index contributed by atoms with van der Waals surface area (Å²) in [5, 5.41) is 0. The first kappa shape index (κ1) is 10.8. The van der Waals surface area contributed by atoms with E-state index >= 15 is 0 Å². The van der Waals surface area contributed by atoms with E-state index in [1.54, 1.807) is 0 Å². The van der Waals surface area contributed by atoms with Crippen LogP contribution in [-0.2, 0) is 19.5 Å². The minimum absolute atomic E-state index is 0. The first-order chi connectivity index (χ1) is 2.50. The smallest absolute Gasteiger partial charge is 1.00 e. The molecule has 0 bridgehead atoms. The van der Waals surface area contributed by atoms with E-state index in [1.165, 1.54) is 0 Å². The van der Waals surface area contributed by atoms with Gasteiger partial charge in [-0.2, -0.15) is 0 Å². The van der Waals surface area contributed by atoms with Crippen molar-refractivity contribution >= 4 is 0 Å². The monoisotopic (exact) mass is 202 g/mol. The van der Waals surface area contributed by atoms with E-state index in [1.807, 2.05) is 32.1 Å². The summed E-state index contributed by atoms with van der Waals surface area (Å²) < 4.78 is 0. The van der Waals surface area contributed by atoms with Crippen LogP contribution >= 0.6 is 0 Å². The molecule has 0 aromatic rings. The second kappa shape index (κ2) is 6.91. The van der Waals surface area contributed by atoms with E-state index in [0.29, 0.717) is 0 Å². The molecule has 39 valence electrons. The molecule has 0 amide bonds. The van der Waals surface area contributed by atoms with Crippen LogP contribution in [0.2, 0.25) is 0 Å². The van der Waals surface area contributed by atoms with Crippen molar-refractivity contribution in [2.75, 3.05) is 0 Å². The molecule has 0 saturated heterocycles. The minimum Gasteiger partial charge on any atom is -1.00 e. The van der Waals surface area contributed by atoms with Crippen LogP contribution in [0.5, 0.6) is 0 Å². The Morgan fingerprint density at radius 2 is 0.714 bits per heavy atom. The van der Waals surface area contributed by atoms with E-state index in [-0.39, 0.29) is 31.9 Å². The fourth-order valence-corrected chi connectivity index (χ4v) is 0.321. The van der Waals surface area contributed by atoms with Gasteiger partial charge in [0.2, 0.25) is 0 Å². The molecule has 7 heavy (non-hydrogen) atoms. The van der Waals surface area contributed by atoms with Crippen molar-refractivity contribution in [1.29, 1.82) is 0 Å². The molecule has 0 N–H and O–H groups in total. The quantitative estimate of drug-likeness (QED) is 0.399. The summed E-state index contributed by atoms with van der Waals surface area (Å²) in [7, 11) is 0. The van der Waals surface area contributed by atoms with Gasteiger partial charge in [-0.1, -0.05) is 0 Å². The molecule has 0 unspecified atom stereocenters. The molecule has 0 nitrogen and oxygen atoms in total. The van der Waals surface area contributed by atoms with Crippen LogP contribution in [0.4, 0.5) is 0 Å². The Balaban J connectivity index is 0. The fourth-order valence-electron chi connectivity index (χ4n) is 0.321. The molecule has 1 rings (SSSR count). The van der Waals surface area contributed by atoms with Crippen LogP contribution in [0.3, 0.4) is 0 Å². The zero-order chi connectivity index (χ0) is 3.54. The van der Waals surface area contributed by atoms with Crippen molar-refractivity contribution in [2.24, 2.45) is 0 Å². The predicted molar refractivity (Wildman–Crippen MR) is 21.5 cm³/mol. The van der Waals surface area contributed by atoms with E-state index in [0.717, 1.165) is 0 Å². The third-order valence-electron chi connectivity index (χ3n) is 0.556. The Morgan fingerprint density at radius 3 is 0.857 bits per heavy atom. The normalized spacial score (nSPS) is 17.1. The molecular weight excluding hydrogens is 197 g/mol. The Bertz CT molecular complexity index is 19.7. The van der Waals surface area contributed by atoms with Gasteiger partial charge in [-0.15, -0.1) is 0 Å². The molecule has 0 aliphatic heterocycles. The van der Waals surface area contributed by atoms with Gasteiger partial charge in [0.1, 0.15) is 0 Å². The first-order valence-corrected chi connectivity index (χ1v) is 1.67. The molecule has 0 atom stereocenters. The van der Waals surface area contributed by atoms with Crippen molar-refractivity contribution < 1.29 is 31.9 Å². The van der Waals surface area contributed by atoms with Crippen LogP contribution in [0.25, 0.3) is 0 Å². The molecule has 0 aromatic carbocycles. The average Bonchev–Trinajstić information content (AvgIpc) is 1.76. The molecule has 1 aliphatic carbocycles. The third kappa shape index (κ3) is 4.77. The summed E-state index contributed by atoms with van der Waals surface area (Å²) in [5.74, 6) is 0. The maximum atomic E-state index is 2.00. The fraction of sp³-hybridized carbons (Fsp3) is 0. The minimum atomic E-state index is 0. The van der Waals surface area contributed by atoms with Crippen molar-refractivity contribution in [3.8, 4) is 0 Å². The largest absolute Gasteiger partial charge is 2.00 e. The average molecular weight is 202 g/mol. The summed E-state index contributed by atoms with van der Waals surface area (Å²) in [4.78, 5) is 0. The van der Waals surface area contributed by atoms with Crippen LogP contribution < -0.4 is 12.4 Å². The number of rotatable bonds is 0. The SMILES string of the molecule is [CH]1[CH][CH][CH][CH]1.[Cl-].[Ru+2]. The molecule has 2 heteroatoms. The van der Waals surface area contributed by atoms with E-state index < -0.39 is 0 Å². The summed E-state index contributed by atoms with van der Waals surface area (Å²) in [5.41, 5.74) is 0. The first-order valence-electron chi connectivity index (χ1n) is 1.67. The molecule has 5 radical (unpaired) electrons. The van der Waals surface area contributed by atoms with Crippen LogP contribution in [-0.4, -0.2) is 0 Å². The molecule has 0 aromatic heterocycles. The molecular formula is C5H5ClRu+. The van der Waals surface area contributed by atoms with Crippen molar-refractivity contribution in [3.05, 3.63) is 32.1 Å². The van der Waals surface area contributed by atoms with Crippen molar-refractivity contribution in [3.63, 3.8) is 0 Å². The maximum Gasteiger partial charge on any atom is 2.00 e. The summed E-state index contributed by atoms with van der Waals surface area (Å²) in [6, 6.07) is 0. The summed E-state index contributed by atoms with van der Waals surface area (Å²) >= 11 is 0. The van der Waals surface area contributed by atoms with E-state index in [2.05, 4.69) is 0 Å². The second-order valence-corrected chi connectivity index (χ2v) is 0.962. The number of hydrogen-bond acceptors (Lipinski definition) is 0. The Kier molecular flexibility index (Phi) is 10.7. The summed E-state index contributed by atoms with van der Waals surface area (Å²) in [6.45, 7) is 0. The van der Waals surface area contributed by atoms with Gasteiger partial charge in [0.25, 0.3) is 0 Å². The standard InChI is InChI=1S/C5H5.ClH.Ru/c1-2-4-5-3-1;;/h1-5H;1H;/q;;+2/p-1. The predicted octanol–water partition coefficient (Wildman–Crippen LogP) is -1.98. The molecule has 1 saturated carbocycles. The Hall–Kier alpha value is 0.913. The molecule has 0 spiro atoms. The molecule has 0 heterocycles. The van der Waals surface area contributed by atoms with Crippen LogP contribution in [0.1, 0.15) is 0 Å². The van der Waals surface area contributed by atoms with Crippen LogP contribution in [0, 0.1) is 32.1 Å². The molecule has 1 fully saturated rings. The van der Waals surface area contributed by atoms with E-state index in [4.69, 9.17) is 0 Å². The third-order valence-corrected chi connectivity index (χ3v) is 0.556. The van der Waals surface area contributed by atoms with Gasteiger partial charge in [-0.25, -0.2) is 0 Å². The van der Waals surface area contributed by atoms with Gasteiger partial charge in [0.15, 0.2) is 0 Å². The number of hydrogen-bond donors (Lipinski definition) is 0. The zero-order valence-electron chi connectivity index (χ0n) is 3.62. The van der Waals surface area contributed by atoms with Gasteiger partial charge >= 0.3 is 19.5 Å². The number of halogens is 1. The van der Waals surface area contributed by atoms with Gasteiger partial charge in [-0.3, -0.25) is 0 Å². The van der Waals surface area contributed by atoms with Crippen LogP contribution in [0.15, 0.2) is 0 Å². The van der Waals surface area contributed by atoms with Crippen molar-refractivity contribution in [2.45, 2.75) is 0 Å². The Morgan fingerprint density at radius 1 is 0.571 bits per heavy atom. The maximum absolute atomic E-state index is 2.00. The molecule has 1 aliphatic rings. The zero-order valence-corrected chi connectivity index (χ0v) is 6.11. The van der Waals surface area contributed by atoms with Gasteiger partial charge in [0, 0.05) is 0 Å². The van der Waals surface area contributed by atoms with E-state index in [9.17, 15) is 0 Å². The van der Waals surface area contributed by atoms with Gasteiger partial charge in [-0.05, 0) is 32.1 Å². The summed E-state index contributed by atoms with van der Waals surface area (Å²) in [6.07, 6.45) is 10.0.